The number of aliphatic hydroxyl groups excluding tert-OH is 2. The fourth-order valence-electron chi connectivity index (χ4n) is 1.63. The third-order valence-corrected chi connectivity index (χ3v) is 3.11. The van der Waals surface area contributed by atoms with Gasteiger partial charge in [-0.25, -0.2) is 0 Å². The van der Waals surface area contributed by atoms with E-state index in [1.165, 1.54) is 0 Å². The van der Waals surface area contributed by atoms with Crippen LogP contribution in [-0.2, 0) is 0 Å². The maximum atomic E-state index is 9.83. The van der Waals surface area contributed by atoms with Crippen molar-refractivity contribution in [1.29, 1.82) is 0 Å². The predicted molar refractivity (Wildman–Crippen MR) is 55.5 cm³/mol. The van der Waals surface area contributed by atoms with Crippen molar-refractivity contribution in [1.82, 2.24) is 0 Å². The normalized spacial score (nSPS) is 18.7. The topological polar surface area (TPSA) is 40.5 Å². The summed E-state index contributed by atoms with van der Waals surface area (Å²) < 4.78 is 0. The van der Waals surface area contributed by atoms with Gasteiger partial charge in [0, 0.05) is 0 Å². The Morgan fingerprint density at radius 2 is 1.31 bits per heavy atom. The van der Waals surface area contributed by atoms with Crippen LogP contribution in [-0.4, -0.2) is 22.4 Å². The van der Waals surface area contributed by atoms with Gasteiger partial charge in [-0.15, -0.1) is 0 Å². The Labute approximate surface area is 82.0 Å². The van der Waals surface area contributed by atoms with Gasteiger partial charge in [0.2, 0.25) is 0 Å². The Morgan fingerprint density at radius 1 is 0.846 bits per heavy atom. The highest BCUT2D eigenvalue weighted by Gasteiger charge is 2.26. The molecular formula is C11H24O2. The van der Waals surface area contributed by atoms with Gasteiger partial charge in [0.05, 0.1) is 12.2 Å². The van der Waals surface area contributed by atoms with Crippen molar-refractivity contribution in [2.45, 2.75) is 59.2 Å². The lowest BCUT2D eigenvalue weighted by Crippen LogP contribution is -2.37. The third-order valence-electron chi connectivity index (χ3n) is 3.11. The minimum Gasteiger partial charge on any atom is -0.390 e. The van der Waals surface area contributed by atoms with E-state index in [0.29, 0.717) is 0 Å². The van der Waals surface area contributed by atoms with Gasteiger partial charge in [-0.3, -0.25) is 0 Å². The van der Waals surface area contributed by atoms with E-state index >= 15 is 0 Å². The molecule has 0 aliphatic carbocycles. The highest BCUT2D eigenvalue weighted by Crippen LogP contribution is 2.21. The number of hydrogen-bond acceptors (Lipinski definition) is 2. The van der Waals surface area contributed by atoms with E-state index in [0.717, 1.165) is 19.3 Å². The van der Waals surface area contributed by atoms with Crippen LogP contribution >= 0.6 is 0 Å². The maximum absolute atomic E-state index is 9.83. The van der Waals surface area contributed by atoms with Crippen LogP contribution in [0.25, 0.3) is 0 Å². The molecule has 0 aromatic carbocycles. The van der Waals surface area contributed by atoms with Crippen LogP contribution in [0.15, 0.2) is 0 Å². The van der Waals surface area contributed by atoms with E-state index in [2.05, 4.69) is 13.8 Å². The third kappa shape index (κ3) is 3.65. The summed E-state index contributed by atoms with van der Waals surface area (Å²) >= 11 is 0. The van der Waals surface area contributed by atoms with Crippen LogP contribution in [0.4, 0.5) is 0 Å². The molecule has 0 aliphatic heterocycles. The van der Waals surface area contributed by atoms with Crippen molar-refractivity contribution in [3.8, 4) is 0 Å². The Bertz CT molecular complexity index is 121. The molecule has 13 heavy (non-hydrogen) atoms. The molecule has 0 rings (SSSR count). The van der Waals surface area contributed by atoms with E-state index in [4.69, 9.17) is 0 Å². The van der Waals surface area contributed by atoms with Crippen LogP contribution in [0.1, 0.15) is 47.0 Å². The highest BCUT2D eigenvalue weighted by molar-refractivity contribution is 4.77. The Balaban J connectivity index is 4.13. The lowest BCUT2D eigenvalue weighted by atomic mass is 9.87. The summed E-state index contributed by atoms with van der Waals surface area (Å²) in [5.74, 6) is 0.430. The molecule has 3 unspecified atom stereocenters. The van der Waals surface area contributed by atoms with E-state index in [1.807, 2.05) is 13.8 Å². The van der Waals surface area contributed by atoms with Gasteiger partial charge in [-0.2, -0.15) is 0 Å². The number of rotatable bonds is 6. The summed E-state index contributed by atoms with van der Waals surface area (Å²) in [5, 5.41) is 19.6. The first-order valence-corrected chi connectivity index (χ1v) is 5.44. The van der Waals surface area contributed by atoms with Crippen molar-refractivity contribution in [2.75, 3.05) is 0 Å². The van der Waals surface area contributed by atoms with Gasteiger partial charge < -0.3 is 10.2 Å². The van der Waals surface area contributed by atoms with Crippen molar-refractivity contribution >= 4 is 0 Å². The first-order valence-electron chi connectivity index (χ1n) is 5.44. The zero-order valence-corrected chi connectivity index (χ0v) is 9.33. The minimum atomic E-state index is -0.560. The second-order valence-corrected chi connectivity index (χ2v) is 3.94. The Hall–Kier alpha value is -0.0800. The molecule has 0 fully saturated rings. The lowest BCUT2D eigenvalue weighted by molar-refractivity contribution is -0.0462. The van der Waals surface area contributed by atoms with Gasteiger partial charge in [0.15, 0.2) is 0 Å². The summed E-state index contributed by atoms with van der Waals surface area (Å²) in [4.78, 5) is 0. The maximum Gasteiger partial charge on any atom is 0.0829 e. The first kappa shape index (κ1) is 12.9. The molecule has 0 aromatic rings. The molecule has 2 heteroatoms. The molecule has 0 amide bonds. The second kappa shape index (κ2) is 6.39. The molecule has 80 valence electrons. The van der Waals surface area contributed by atoms with Crippen molar-refractivity contribution < 1.29 is 10.2 Å². The van der Waals surface area contributed by atoms with Crippen molar-refractivity contribution in [3.05, 3.63) is 0 Å². The molecule has 0 aliphatic rings. The summed E-state index contributed by atoms with van der Waals surface area (Å²) in [6.07, 6.45) is 1.68. The zero-order chi connectivity index (χ0) is 10.4. The standard InChI is InChI=1S/C11H24O2/c1-5-8(4)10(12)11(13)9(6-2)7-3/h8-13H,5-7H2,1-4H3. The van der Waals surface area contributed by atoms with Crippen molar-refractivity contribution in [2.24, 2.45) is 11.8 Å². The Morgan fingerprint density at radius 3 is 1.62 bits per heavy atom. The fraction of sp³-hybridized carbons (Fsp3) is 1.00. The first-order chi connectivity index (χ1) is 6.08. The van der Waals surface area contributed by atoms with Gasteiger partial charge in [0.1, 0.15) is 0 Å². The molecule has 2 N–H and O–H groups in total. The molecule has 0 heterocycles. The van der Waals surface area contributed by atoms with Crippen LogP contribution in [0.2, 0.25) is 0 Å². The van der Waals surface area contributed by atoms with Gasteiger partial charge in [-0.1, -0.05) is 47.0 Å². The molecular weight excluding hydrogens is 164 g/mol. The smallest absolute Gasteiger partial charge is 0.0829 e. The zero-order valence-electron chi connectivity index (χ0n) is 9.33. The van der Waals surface area contributed by atoms with E-state index in [1.54, 1.807) is 0 Å². The average Bonchev–Trinajstić information content (AvgIpc) is 2.17. The number of aliphatic hydroxyl groups is 2. The quantitative estimate of drug-likeness (QED) is 0.671. The minimum absolute atomic E-state index is 0.190. The van der Waals surface area contributed by atoms with E-state index in [-0.39, 0.29) is 11.8 Å². The predicted octanol–water partition coefficient (Wildman–Crippen LogP) is 2.19. The van der Waals surface area contributed by atoms with E-state index < -0.39 is 12.2 Å². The summed E-state index contributed by atoms with van der Waals surface area (Å²) in [6.45, 7) is 8.13. The monoisotopic (exact) mass is 188 g/mol. The van der Waals surface area contributed by atoms with Crippen LogP contribution in [0.5, 0.6) is 0 Å². The number of hydrogen-bond donors (Lipinski definition) is 2. The summed E-state index contributed by atoms with van der Waals surface area (Å²) in [7, 11) is 0. The highest BCUT2D eigenvalue weighted by atomic mass is 16.3. The van der Waals surface area contributed by atoms with Crippen LogP contribution < -0.4 is 0 Å². The SMILES string of the molecule is CCC(C)C(O)C(O)C(CC)CC. The van der Waals surface area contributed by atoms with E-state index in [9.17, 15) is 10.2 Å². The molecule has 0 radical (unpaired) electrons. The summed E-state index contributed by atoms with van der Waals surface area (Å²) in [6, 6.07) is 0. The average molecular weight is 188 g/mol. The van der Waals surface area contributed by atoms with Crippen LogP contribution in [0, 0.1) is 11.8 Å². The van der Waals surface area contributed by atoms with Gasteiger partial charge in [0.25, 0.3) is 0 Å². The van der Waals surface area contributed by atoms with Gasteiger partial charge >= 0.3 is 0 Å². The largest absolute Gasteiger partial charge is 0.390 e. The van der Waals surface area contributed by atoms with Crippen molar-refractivity contribution in [3.63, 3.8) is 0 Å². The molecule has 0 saturated heterocycles. The molecule has 0 spiro atoms. The molecule has 3 atom stereocenters. The second-order valence-electron chi connectivity index (χ2n) is 3.94. The fourth-order valence-corrected chi connectivity index (χ4v) is 1.63. The lowest BCUT2D eigenvalue weighted by Gasteiger charge is -2.28. The summed E-state index contributed by atoms with van der Waals surface area (Å²) in [5.41, 5.74) is 0. The molecule has 0 bridgehead atoms. The molecule has 0 saturated carbocycles. The Kier molecular flexibility index (Phi) is 6.35. The molecule has 0 aromatic heterocycles. The molecule has 2 nitrogen and oxygen atoms in total. The van der Waals surface area contributed by atoms with Crippen LogP contribution in [0.3, 0.4) is 0 Å². The van der Waals surface area contributed by atoms with Gasteiger partial charge in [-0.05, 0) is 11.8 Å².